The van der Waals surface area contributed by atoms with Crippen LogP contribution >= 0.6 is 0 Å². The first-order chi connectivity index (χ1) is 10.1. The summed E-state index contributed by atoms with van der Waals surface area (Å²) >= 11 is 0. The van der Waals surface area contributed by atoms with E-state index < -0.39 is 0 Å². The summed E-state index contributed by atoms with van der Waals surface area (Å²) < 4.78 is 0. The zero-order chi connectivity index (χ0) is 14.9. The number of hydrogen-bond acceptors (Lipinski definition) is 3. The molecule has 1 aromatic rings. The molecule has 0 bridgehead atoms. The molecule has 2 heterocycles. The van der Waals surface area contributed by atoms with Crippen LogP contribution in [0.25, 0.3) is 0 Å². The van der Waals surface area contributed by atoms with Gasteiger partial charge in [0.15, 0.2) is 0 Å². The number of benzene rings is 1. The van der Waals surface area contributed by atoms with Crippen molar-refractivity contribution in [2.75, 3.05) is 49.6 Å². The van der Waals surface area contributed by atoms with E-state index in [4.69, 9.17) is 0 Å². The van der Waals surface area contributed by atoms with Gasteiger partial charge in [0, 0.05) is 26.7 Å². The Bertz CT molecular complexity index is 477. The first kappa shape index (κ1) is 14.7. The van der Waals surface area contributed by atoms with Gasteiger partial charge < -0.3 is 15.1 Å². The second-order valence-electron chi connectivity index (χ2n) is 7.36. The van der Waals surface area contributed by atoms with Gasteiger partial charge in [-0.2, -0.15) is 0 Å². The molecule has 116 valence electrons. The molecule has 2 aliphatic rings. The first-order valence-corrected chi connectivity index (χ1v) is 8.34. The fourth-order valence-corrected chi connectivity index (χ4v) is 3.87. The molecule has 1 fully saturated rings. The van der Waals surface area contributed by atoms with Gasteiger partial charge in [0.1, 0.15) is 0 Å². The van der Waals surface area contributed by atoms with Crippen molar-refractivity contribution in [2.45, 2.75) is 26.7 Å². The molecule has 0 spiro atoms. The summed E-state index contributed by atoms with van der Waals surface area (Å²) in [5, 5.41) is 3.58. The van der Waals surface area contributed by atoms with Gasteiger partial charge in [-0.25, -0.2) is 0 Å². The zero-order valence-corrected chi connectivity index (χ0v) is 13.7. The van der Waals surface area contributed by atoms with Crippen LogP contribution in [0.4, 0.5) is 11.4 Å². The zero-order valence-electron chi connectivity index (χ0n) is 13.7. The van der Waals surface area contributed by atoms with Gasteiger partial charge in [-0.05, 0) is 49.4 Å². The topological polar surface area (TPSA) is 18.5 Å². The molecule has 1 N–H and O–H groups in total. The summed E-state index contributed by atoms with van der Waals surface area (Å²) in [4.78, 5) is 4.98. The number of rotatable bonds is 3. The van der Waals surface area contributed by atoms with Crippen LogP contribution in [-0.2, 0) is 0 Å². The molecule has 3 nitrogen and oxygen atoms in total. The first-order valence-electron chi connectivity index (χ1n) is 8.34. The monoisotopic (exact) mass is 287 g/mol. The highest BCUT2D eigenvalue weighted by molar-refractivity contribution is 5.73. The quantitative estimate of drug-likeness (QED) is 0.922. The molecule has 0 radical (unpaired) electrons. The smallest absolute Gasteiger partial charge is 0.0604 e. The average molecular weight is 287 g/mol. The predicted molar refractivity (Wildman–Crippen MR) is 91.3 cm³/mol. The van der Waals surface area contributed by atoms with E-state index in [0.29, 0.717) is 5.41 Å². The Kier molecular flexibility index (Phi) is 4.12. The molecule has 0 aromatic heterocycles. The number of likely N-dealkylation sites (N-methyl/N-ethyl adjacent to an activating group) is 1. The summed E-state index contributed by atoms with van der Waals surface area (Å²) in [6.07, 6.45) is 2.70. The van der Waals surface area contributed by atoms with Crippen LogP contribution in [-0.4, -0.2) is 39.8 Å². The van der Waals surface area contributed by atoms with Crippen molar-refractivity contribution in [3.8, 4) is 0 Å². The predicted octanol–water partition coefficient (Wildman–Crippen LogP) is 2.97. The lowest BCUT2D eigenvalue weighted by atomic mass is 9.74. The minimum Gasteiger partial charge on any atom is -0.371 e. The summed E-state index contributed by atoms with van der Waals surface area (Å²) in [6, 6.07) is 8.84. The number of hydrogen-bond donors (Lipinski definition) is 1. The molecule has 0 saturated carbocycles. The Morgan fingerprint density at radius 2 is 1.95 bits per heavy atom. The third kappa shape index (κ3) is 3.03. The lowest BCUT2D eigenvalue weighted by molar-refractivity contribution is 0.176. The van der Waals surface area contributed by atoms with Crippen molar-refractivity contribution >= 4 is 11.4 Å². The molecular weight excluding hydrogens is 258 g/mol. The van der Waals surface area contributed by atoms with Crippen molar-refractivity contribution in [2.24, 2.45) is 11.3 Å². The second kappa shape index (κ2) is 5.88. The Balaban J connectivity index is 1.77. The van der Waals surface area contributed by atoms with Gasteiger partial charge in [0.2, 0.25) is 0 Å². The lowest BCUT2D eigenvalue weighted by Crippen LogP contribution is -2.48. The van der Waals surface area contributed by atoms with Gasteiger partial charge in [0.25, 0.3) is 0 Å². The highest BCUT2D eigenvalue weighted by atomic mass is 15.3. The number of nitrogens with zero attached hydrogens (tertiary/aromatic N) is 2. The van der Waals surface area contributed by atoms with Crippen molar-refractivity contribution in [3.05, 3.63) is 24.3 Å². The van der Waals surface area contributed by atoms with Gasteiger partial charge in [-0.3, -0.25) is 0 Å². The van der Waals surface area contributed by atoms with E-state index >= 15 is 0 Å². The molecule has 2 aliphatic heterocycles. The van der Waals surface area contributed by atoms with Crippen LogP contribution < -0.4 is 15.1 Å². The van der Waals surface area contributed by atoms with E-state index in [2.05, 4.69) is 60.3 Å². The highest BCUT2D eigenvalue weighted by Crippen LogP contribution is 2.37. The molecule has 21 heavy (non-hydrogen) atoms. The summed E-state index contributed by atoms with van der Waals surface area (Å²) in [5.41, 5.74) is 3.14. The minimum atomic E-state index is 0.358. The second-order valence-corrected chi connectivity index (χ2v) is 7.36. The molecule has 0 aliphatic carbocycles. The minimum absolute atomic E-state index is 0.358. The highest BCUT2D eigenvalue weighted by Gasteiger charge is 2.33. The van der Waals surface area contributed by atoms with Crippen LogP contribution in [0.5, 0.6) is 0 Å². The summed E-state index contributed by atoms with van der Waals surface area (Å²) in [5.74, 6) is 0.790. The lowest BCUT2D eigenvalue weighted by Gasteiger charge is -2.44. The molecule has 1 aromatic carbocycles. The molecule has 3 heteroatoms. The van der Waals surface area contributed by atoms with Crippen LogP contribution in [0, 0.1) is 11.3 Å². The van der Waals surface area contributed by atoms with Crippen LogP contribution in [0.1, 0.15) is 26.7 Å². The molecule has 1 unspecified atom stereocenters. The third-order valence-corrected chi connectivity index (χ3v) is 5.34. The number of nitrogens with one attached hydrogen (secondary N) is 1. The SMILES string of the molecule is CN1CCN(CC(C)(C)C2CCCNC2)c2ccccc21. The number of piperidine rings is 1. The normalized spacial score (nSPS) is 23.1. The van der Waals surface area contributed by atoms with E-state index in [0.717, 1.165) is 25.6 Å². The Morgan fingerprint density at radius 3 is 2.67 bits per heavy atom. The average Bonchev–Trinajstić information content (AvgIpc) is 2.51. The fraction of sp³-hybridized carbons (Fsp3) is 0.667. The van der Waals surface area contributed by atoms with E-state index in [1.807, 2.05) is 0 Å². The molecule has 3 rings (SSSR count). The van der Waals surface area contributed by atoms with Gasteiger partial charge in [0.05, 0.1) is 11.4 Å². The van der Waals surface area contributed by atoms with Gasteiger partial charge >= 0.3 is 0 Å². The van der Waals surface area contributed by atoms with Crippen LogP contribution in [0.3, 0.4) is 0 Å². The Hall–Kier alpha value is -1.22. The maximum absolute atomic E-state index is 3.58. The molecular formula is C18H29N3. The molecule has 1 saturated heterocycles. The molecule has 0 amide bonds. The summed E-state index contributed by atoms with van der Waals surface area (Å²) in [7, 11) is 2.20. The standard InChI is InChI=1S/C18H29N3/c1-18(2,15-7-6-10-19-13-15)14-21-12-11-20(3)16-8-4-5-9-17(16)21/h4-5,8-9,15,19H,6-7,10-14H2,1-3H3. The Morgan fingerprint density at radius 1 is 1.19 bits per heavy atom. The van der Waals surface area contributed by atoms with Crippen molar-refractivity contribution in [3.63, 3.8) is 0 Å². The van der Waals surface area contributed by atoms with E-state index in [1.165, 1.54) is 37.3 Å². The van der Waals surface area contributed by atoms with E-state index in [1.54, 1.807) is 0 Å². The van der Waals surface area contributed by atoms with Crippen LogP contribution in [0.15, 0.2) is 24.3 Å². The number of anilines is 2. The molecule has 1 atom stereocenters. The number of fused-ring (bicyclic) bond motifs is 1. The van der Waals surface area contributed by atoms with E-state index in [9.17, 15) is 0 Å². The van der Waals surface area contributed by atoms with E-state index in [-0.39, 0.29) is 0 Å². The van der Waals surface area contributed by atoms with Crippen LogP contribution in [0.2, 0.25) is 0 Å². The maximum Gasteiger partial charge on any atom is 0.0604 e. The Labute approximate surface area is 129 Å². The van der Waals surface area contributed by atoms with Crippen molar-refractivity contribution in [1.29, 1.82) is 0 Å². The fourth-order valence-electron chi connectivity index (χ4n) is 3.87. The van der Waals surface area contributed by atoms with Crippen molar-refractivity contribution < 1.29 is 0 Å². The van der Waals surface area contributed by atoms with Gasteiger partial charge in [-0.15, -0.1) is 0 Å². The van der Waals surface area contributed by atoms with Gasteiger partial charge in [-0.1, -0.05) is 26.0 Å². The van der Waals surface area contributed by atoms with Crippen molar-refractivity contribution in [1.82, 2.24) is 5.32 Å². The summed E-state index contributed by atoms with van der Waals surface area (Å²) in [6.45, 7) is 10.7. The largest absolute Gasteiger partial charge is 0.371 e. The number of para-hydroxylation sites is 2. The maximum atomic E-state index is 3.58. The third-order valence-electron chi connectivity index (χ3n) is 5.34.